The molecule has 37 heavy (non-hydrogen) atoms. The first-order valence-corrected chi connectivity index (χ1v) is 14.9. The Kier molecular flexibility index (Phi) is 44.4. The van der Waals surface area contributed by atoms with Crippen LogP contribution in [-0.2, 0) is 4.79 Å². The van der Waals surface area contributed by atoms with Crippen LogP contribution in [0.4, 0.5) is 0 Å². The van der Waals surface area contributed by atoms with Gasteiger partial charge in [-0.3, -0.25) is 4.79 Å². The molecule has 0 aliphatic carbocycles. The molecule has 7 N–H and O–H groups in total. The molecule has 0 fully saturated rings. The summed E-state index contributed by atoms with van der Waals surface area (Å²) in [5.74, 6) is -0.153. The van der Waals surface area contributed by atoms with E-state index in [-0.39, 0.29) is 24.9 Å². The highest BCUT2D eigenvalue weighted by Crippen LogP contribution is 2.13. The fourth-order valence-electron chi connectivity index (χ4n) is 3.71. The molecule has 0 aromatic carbocycles. The van der Waals surface area contributed by atoms with Crippen molar-refractivity contribution in [2.24, 2.45) is 5.73 Å². The molecule has 0 saturated heterocycles. The molecule has 0 bridgehead atoms. The number of aliphatic hydroxyl groups is 4. The molecule has 0 heterocycles. The van der Waals surface area contributed by atoms with Crippen LogP contribution in [0, 0.1) is 0 Å². The van der Waals surface area contributed by atoms with Gasteiger partial charge in [0.15, 0.2) is 0 Å². The monoisotopic (exact) mass is 556 g/mol. The molecule has 228 valence electrons. The molecule has 0 aliphatic heterocycles. The molecule has 0 rings (SSSR count). The van der Waals surface area contributed by atoms with Gasteiger partial charge in [-0.15, -0.1) is 0 Å². The Balaban J connectivity index is -0.000000265. The highest BCUT2D eigenvalue weighted by molar-refractivity contribution is 5.73. The number of nitrogens with one attached hydrogen (secondary N) is 1. The van der Waals surface area contributed by atoms with E-state index in [9.17, 15) is 4.79 Å². The Morgan fingerprint density at radius 1 is 0.676 bits per heavy atom. The Morgan fingerprint density at radius 2 is 1.08 bits per heavy atom. The van der Waals surface area contributed by atoms with E-state index in [1.807, 2.05) is 6.92 Å². The van der Waals surface area contributed by atoms with E-state index in [0.29, 0.717) is 19.4 Å². The summed E-state index contributed by atoms with van der Waals surface area (Å²) in [4.78, 5) is 12.0. The fraction of sp³-hybridized carbons (Fsp3) is 0.966. The zero-order valence-corrected chi connectivity index (χ0v) is 25.6. The number of aliphatic hydroxyl groups excluding tert-OH is 4. The van der Waals surface area contributed by atoms with Gasteiger partial charge in [0.05, 0.1) is 33.4 Å². The van der Waals surface area contributed by atoms with Gasteiger partial charge >= 0.3 is 0 Å². The van der Waals surface area contributed by atoms with Gasteiger partial charge in [-0.2, -0.15) is 0 Å². The number of nitrogens with two attached hydrogens (primary N) is 1. The summed E-state index contributed by atoms with van der Waals surface area (Å²) in [5.41, 5.74) is 5.11. The van der Waals surface area contributed by atoms with Gasteiger partial charge in [0.2, 0.25) is 5.91 Å². The predicted molar refractivity (Wildman–Crippen MR) is 152 cm³/mol. The minimum absolute atomic E-state index is 0. The van der Waals surface area contributed by atoms with Crippen molar-refractivity contribution in [1.29, 1.82) is 0 Å². The molecular weight excluding hydrogens is 492 g/mol. The number of carbonyl (C=O) groups is 1. The van der Waals surface area contributed by atoms with E-state index in [4.69, 9.17) is 26.2 Å². The van der Waals surface area contributed by atoms with Crippen LogP contribution in [0.2, 0.25) is 0 Å². The lowest BCUT2D eigenvalue weighted by molar-refractivity contribution is -0.858. The van der Waals surface area contributed by atoms with Gasteiger partial charge < -0.3 is 43.5 Å². The first-order valence-electron chi connectivity index (χ1n) is 14.9. The number of carbonyl (C=O) groups excluding carboxylic acids is 1. The van der Waals surface area contributed by atoms with Crippen LogP contribution in [0.1, 0.15) is 136 Å². The van der Waals surface area contributed by atoms with Crippen LogP contribution < -0.4 is 23.0 Å². The summed E-state index contributed by atoms with van der Waals surface area (Å²) in [6, 6.07) is 0. The zero-order chi connectivity index (χ0) is 27.9. The van der Waals surface area contributed by atoms with Crippen molar-refractivity contribution in [3.63, 3.8) is 0 Å². The molecule has 0 radical (unpaired) electrons. The zero-order valence-electron chi connectivity index (χ0n) is 24.9. The minimum atomic E-state index is -0.968. The normalized spacial score (nSPS) is 12.0. The lowest BCUT2D eigenvalue weighted by atomic mass is 10.0. The second-order valence-electron chi connectivity index (χ2n) is 10.3. The fourth-order valence-corrected chi connectivity index (χ4v) is 3.71. The molecule has 2 unspecified atom stereocenters. The van der Waals surface area contributed by atoms with E-state index < -0.39 is 12.2 Å². The number of primary amides is 1. The van der Waals surface area contributed by atoms with Gasteiger partial charge in [0, 0.05) is 19.4 Å². The molecule has 0 aromatic rings. The first-order chi connectivity index (χ1) is 17.3. The lowest BCUT2D eigenvalue weighted by Gasteiger charge is -2.13. The Morgan fingerprint density at radius 3 is 1.35 bits per heavy atom. The van der Waals surface area contributed by atoms with E-state index in [2.05, 4.69) is 21.0 Å². The quantitative estimate of drug-likeness (QED) is 0.103. The van der Waals surface area contributed by atoms with Crippen molar-refractivity contribution in [3.8, 4) is 0 Å². The van der Waals surface area contributed by atoms with Crippen LogP contribution in [0.3, 0.4) is 0 Å². The first kappa shape index (κ1) is 43.6. The number of rotatable bonds is 23. The summed E-state index contributed by atoms with van der Waals surface area (Å²) in [7, 11) is 4.16. The third-order valence-corrected chi connectivity index (χ3v) is 6.08. The van der Waals surface area contributed by atoms with Crippen molar-refractivity contribution < 1.29 is 42.5 Å². The van der Waals surface area contributed by atoms with Gasteiger partial charge in [-0.05, 0) is 12.8 Å². The molecule has 0 aliphatic rings. The maximum Gasteiger partial charge on any atom is 0.217 e. The topological polar surface area (TPSA) is 128 Å². The van der Waals surface area contributed by atoms with Crippen LogP contribution in [0.5, 0.6) is 0 Å². The number of hydrogen-bond donors (Lipinski definition) is 6. The molecule has 0 saturated carbocycles. The van der Waals surface area contributed by atoms with E-state index in [1.165, 1.54) is 94.8 Å². The average molecular weight is 557 g/mol. The lowest BCUT2D eigenvalue weighted by Crippen LogP contribution is -3.05. The highest BCUT2D eigenvalue weighted by atomic mass is 35.5. The molecule has 0 spiro atoms. The minimum Gasteiger partial charge on any atom is -1.00 e. The summed E-state index contributed by atoms with van der Waals surface area (Å²) < 4.78 is 0. The second kappa shape index (κ2) is 37.7. The predicted octanol–water partition coefficient (Wildman–Crippen LogP) is 0.751. The van der Waals surface area contributed by atoms with Crippen molar-refractivity contribution in [1.82, 2.24) is 0 Å². The highest BCUT2D eigenvalue weighted by Gasteiger charge is 2.12. The van der Waals surface area contributed by atoms with Crippen molar-refractivity contribution in [2.75, 3.05) is 33.9 Å². The van der Waals surface area contributed by atoms with Crippen LogP contribution >= 0.6 is 0 Å². The number of amides is 1. The number of unbranched alkanes of at least 4 members (excludes halogenated alkanes) is 14. The average Bonchev–Trinajstić information content (AvgIpc) is 2.85. The summed E-state index contributed by atoms with van der Waals surface area (Å²) in [6.07, 6.45) is 21.4. The summed E-state index contributed by atoms with van der Waals surface area (Å²) >= 11 is 0. The van der Waals surface area contributed by atoms with E-state index >= 15 is 0 Å². The molecule has 8 heteroatoms. The maximum absolute atomic E-state index is 10.6. The molecule has 7 nitrogen and oxygen atoms in total. The standard InChI is InChI=1S/C18H37NO.C6H14O3.C5H13NO.ClH/c1-2-3-4-5-6-7-8-9-10-11-12-13-14-15-16-17-18(19)20;1-2-3-5(8)6(9)4-7;1-6(2)4-3-5-7;/h2-17H2,1H3,(H2,19,20);5-9H,2-4H2,1H3;7H,3-5H2,1-2H3;1H. The third-order valence-electron chi connectivity index (χ3n) is 6.08. The molecule has 2 atom stereocenters. The maximum atomic E-state index is 10.6. The Bertz CT molecular complexity index is 418. The van der Waals surface area contributed by atoms with Crippen LogP contribution in [0.25, 0.3) is 0 Å². The Hall–Kier alpha value is -0.440. The molecular formula is C29H65ClN2O5. The Labute approximate surface area is 236 Å². The van der Waals surface area contributed by atoms with Gasteiger partial charge in [0.25, 0.3) is 0 Å². The largest absolute Gasteiger partial charge is 1.00 e. The van der Waals surface area contributed by atoms with E-state index in [1.54, 1.807) is 0 Å². The summed E-state index contributed by atoms with van der Waals surface area (Å²) in [6.45, 7) is 5.22. The van der Waals surface area contributed by atoms with E-state index in [0.717, 1.165) is 25.8 Å². The van der Waals surface area contributed by atoms with Gasteiger partial charge in [-0.1, -0.05) is 110 Å². The van der Waals surface area contributed by atoms with Crippen LogP contribution in [0.15, 0.2) is 0 Å². The van der Waals surface area contributed by atoms with Gasteiger partial charge in [0.1, 0.15) is 6.10 Å². The number of quaternary nitrogens is 1. The molecule has 0 aromatic heterocycles. The second-order valence-corrected chi connectivity index (χ2v) is 10.3. The molecule has 1 amide bonds. The number of hydrogen-bond acceptors (Lipinski definition) is 5. The summed E-state index contributed by atoms with van der Waals surface area (Å²) in [5, 5.41) is 34.3. The van der Waals surface area contributed by atoms with Crippen molar-refractivity contribution in [2.45, 2.75) is 148 Å². The van der Waals surface area contributed by atoms with Gasteiger partial charge in [-0.25, -0.2) is 0 Å². The SMILES string of the molecule is CCCC(O)C(O)CO.CCCCCCCCCCCCCCCCCC(N)=O.C[NH+](C)CCCO.[Cl-]. The smallest absolute Gasteiger partial charge is 0.217 e. The number of halogens is 1. The van der Waals surface area contributed by atoms with Crippen molar-refractivity contribution in [3.05, 3.63) is 0 Å². The van der Waals surface area contributed by atoms with Crippen molar-refractivity contribution >= 4 is 5.91 Å². The third kappa shape index (κ3) is 45.8. The van der Waals surface area contributed by atoms with Crippen LogP contribution in [-0.4, -0.2) is 72.4 Å².